The van der Waals surface area contributed by atoms with E-state index in [-0.39, 0.29) is 12.0 Å². The van der Waals surface area contributed by atoms with E-state index in [1.54, 1.807) is 0 Å². The first-order valence-electron chi connectivity index (χ1n) is 7.29. The molecule has 0 aliphatic carbocycles. The van der Waals surface area contributed by atoms with Crippen LogP contribution >= 0.6 is 0 Å². The van der Waals surface area contributed by atoms with Crippen molar-refractivity contribution >= 4 is 17.3 Å². The van der Waals surface area contributed by atoms with Crippen LogP contribution in [0.2, 0.25) is 0 Å². The molecule has 1 unspecified atom stereocenters. The highest BCUT2D eigenvalue weighted by atomic mass is 16.5. The lowest BCUT2D eigenvalue weighted by Crippen LogP contribution is -2.43. The lowest BCUT2D eigenvalue weighted by Gasteiger charge is -2.31. The smallest absolute Gasteiger partial charge is 0.239 e. The van der Waals surface area contributed by atoms with Crippen molar-refractivity contribution in [3.63, 3.8) is 0 Å². The molecular weight excluding hydrogens is 254 g/mol. The zero-order chi connectivity index (χ0) is 13.8. The van der Waals surface area contributed by atoms with Gasteiger partial charge in [-0.25, -0.2) is 0 Å². The SMILES string of the molecule is O=C(CN1CCNc2ccccc21)NCC1CCCO1. The molecule has 1 amide bonds. The van der Waals surface area contributed by atoms with E-state index >= 15 is 0 Å². The van der Waals surface area contributed by atoms with E-state index in [4.69, 9.17) is 4.74 Å². The predicted octanol–water partition coefficient (Wildman–Crippen LogP) is 1.21. The summed E-state index contributed by atoms with van der Waals surface area (Å²) >= 11 is 0. The summed E-state index contributed by atoms with van der Waals surface area (Å²) in [6, 6.07) is 8.11. The maximum Gasteiger partial charge on any atom is 0.239 e. The molecular formula is C15H21N3O2. The third kappa shape index (κ3) is 3.04. The summed E-state index contributed by atoms with van der Waals surface area (Å²) in [4.78, 5) is 14.2. The van der Waals surface area contributed by atoms with Gasteiger partial charge < -0.3 is 20.3 Å². The Bertz CT molecular complexity index is 472. The molecule has 1 saturated heterocycles. The number of hydrogen-bond donors (Lipinski definition) is 2. The van der Waals surface area contributed by atoms with Crippen molar-refractivity contribution in [2.45, 2.75) is 18.9 Å². The van der Waals surface area contributed by atoms with Crippen molar-refractivity contribution in [2.24, 2.45) is 0 Å². The molecule has 2 N–H and O–H groups in total. The minimum absolute atomic E-state index is 0.0669. The maximum absolute atomic E-state index is 12.0. The van der Waals surface area contributed by atoms with Gasteiger partial charge in [0.15, 0.2) is 0 Å². The standard InChI is InChI=1S/C15H21N3O2/c19-15(17-10-12-4-3-9-20-12)11-18-8-7-16-13-5-1-2-6-14(13)18/h1-2,5-6,12,16H,3-4,7-11H2,(H,17,19). The van der Waals surface area contributed by atoms with E-state index in [2.05, 4.69) is 21.6 Å². The summed E-state index contributed by atoms with van der Waals surface area (Å²) in [5.41, 5.74) is 2.21. The van der Waals surface area contributed by atoms with Gasteiger partial charge in [-0.1, -0.05) is 12.1 Å². The fourth-order valence-corrected chi connectivity index (χ4v) is 2.77. The largest absolute Gasteiger partial charge is 0.382 e. The van der Waals surface area contributed by atoms with Gasteiger partial charge in [-0.3, -0.25) is 4.79 Å². The molecule has 0 saturated carbocycles. The second-order valence-corrected chi connectivity index (χ2v) is 5.30. The number of nitrogens with zero attached hydrogens (tertiary/aromatic N) is 1. The number of carbonyl (C=O) groups is 1. The number of rotatable bonds is 4. The summed E-state index contributed by atoms with van der Waals surface area (Å²) in [7, 11) is 0. The normalized spacial score (nSPS) is 21.2. The van der Waals surface area contributed by atoms with E-state index in [0.29, 0.717) is 13.1 Å². The lowest BCUT2D eigenvalue weighted by atomic mass is 10.2. The number of ether oxygens (including phenoxy) is 1. The highest BCUT2D eigenvalue weighted by Crippen LogP contribution is 2.27. The maximum atomic E-state index is 12.0. The van der Waals surface area contributed by atoms with Crippen LogP contribution in [0.25, 0.3) is 0 Å². The molecule has 1 aromatic carbocycles. The van der Waals surface area contributed by atoms with Crippen LogP contribution in [0.4, 0.5) is 11.4 Å². The molecule has 5 heteroatoms. The van der Waals surface area contributed by atoms with Gasteiger partial charge in [-0.15, -0.1) is 0 Å². The van der Waals surface area contributed by atoms with Crippen LogP contribution in [0.3, 0.4) is 0 Å². The fourth-order valence-electron chi connectivity index (χ4n) is 2.77. The zero-order valence-electron chi connectivity index (χ0n) is 11.6. The Kier molecular flexibility index (Phi) is 4.06. The minimum atomic E-state index is 0.0669. The van der Waals surface area contributed by atoms with Gasteiger partial charge in [0.25, 0.3) is 0 Å². The second kappa shape index (κ2) is 6.13. The minimum Gasteiger partial charge on any atom is -0.382 e. The molecule has 3 rings (SSSR count). The van der Waals surface area contributed by atoms with Crippen LogP contribution in [0.15, 0.2) is 24.3 Å². The molecule has 0 bridgehead atoms. The van der Waals surface area contributed by atoms with Crippen LogP contribution < -0.4 is 15.5 Å². The number of fused-ring (bicyclic) bond motifs is 1. The molecule has 108 valence electrons. The number of anilines is 2. The first-order valence-corrected chi connectivity index (χ1v) is 7.29. The highest BCUT2D eigenvalue weighted by molar-refractivity contribution is 5.84. The van der Waals surface area contributed by atoms with Crippen molar-refractivity contribution in [2.75, 3.05) is 43.0 Å². The first kappa shape index (κ1) is 13.2. The van der Waals surface area contributed by atoms with Crippen molar-refractivity contribution in [3.05, 3.63) is 24.3 Å². The number of nitrogens with one attached hydrogen (secondary N) is 2. The molecule has 1 fully saturated rings. The Labute approximate surface area is 119 Å². The van der Waals surface area contributed by atoms with Crippen LogP contribution in [0.5, 0.6) is 0 Å². The van der Waals surface area contributed by atoms with Gasteiger partial charge in [0, 0.05) is 26.2 Å². The topological polar surface area (TPSA) is 53.6 Å². The van der Waals surface area contributed by atoms with Crippen molar-refractivity contribution in [3.8, 4) is 0 Å². The number of hydrogen-bond acceptors (Lipinski definition) is 4. The van der Waals surface area contributed by atoms with E-state index in [0.717, 1.165) is 43.9 Å². The van der Waals surface area contributed by atoms with Gasteiger partial charge in [-0.05, 0) is 25.0 Å². The molecule has 5 nitrogen and oxygen atoms in total. The predicted molar refractivity (Wildman–Crippen MR) is 79.1 cm³/mol. The Balaban J connectivity index is 1.54. The molecule has 2 aliphatic rings. The first-order chi connectivity index (χ1) is 9.83. The Hall–Kier alpha value is -1.75. The summed E-state index contributed by atoms with van der Waals surface area (Å²) in [5, 5.41) is 6.33. The third-order valence-corrected chi connectivity index (χ3v) is 3.83. The molecule has 1 aromatic rings. The van der Waals surface area contributed by atoms with E-state index in [1.807, 2.05) is 18.2 Å². The second-order valence-electron chi connectivity index (χ2n) is 5.30. The summed E-state index contributed by atoms with van der Waals surface area (Å²) in [6.45, 7) is 3.59. The van der Waals surface area contributed by atoms with Crippen LogP contribution in [0, 0.1) is 0 Å². The monoisotopic (exact) mass is 275 g/mol. The van der Waals surface area contributed by atoms with Crippen LogP contribution in [-0.4, -0.2) is 44.8 Å². The van der Waals surface area contributed by atoms with Crippen molar-refractivity contribution < 1.29 is 9.53 Å². The number of para-hydroxylation sites is 2. The highest BCUT2D eigenvalue weighted by Gasteiger charge is 2.20. The number of benzene rings is 1. The Morgan fingerprint density at radius 3 is 3.20 bits per heavy atom. The lowest BCUT2D eigenvalue weighted by molar-refractivity contribution is -0.120. The van der Waals surface area contributed by atoms with Crippen LogP contribution in [-0.2, 0) is 9.53 Å². The van der Waals surface area contributed by atoms with E-state index < -0.39 is 0 Å². The van der Waals surface area contributed by atoms with Gasteiger partial charge in [0.2, 0.25) is 5.91 Å². The average molecular weight is 275 g/mol. The molecule has 1 atom stereocenters. The summed E-state index contributed by atoms with van der Waals surface area (Å²) in [6.07, 6.45) is 2.36. The molecule has 0 aromatic heterocycles. The van der Waals surface area contributed by atoms with Crippen molar-refractivity contribution in [1.82, 2.24) is 5.32 Å². The molecule has 0 radical (unpaired) electrons. The summed E-state index contributed by atoms with van der Waals surface area (Å²) in [5.74, 6) is 0.0669. The third-order valence-electron chi connectivity index (χ3n) is 3.83. The molecule has 20 heavy (non-hydrogen) atoms. The van der Waals surface area contributed by atoms with E-state index in [1.165, 1.54) is 0 Å². The Morgan fingerprint density at radius 1 is 1.45 bits per heavy atom. The number of carbonyl (C=O) groups excluding carboxylic acids is 1. The van der Waals surface area contributed by atoms with E-state index in [9.17, 15) is 4.79 Å². The average Bonchev–Trinajstić information content (AvgIpc) is 2.99. The number of amides is 1. The molecule has 2 heterocycles. The summed E-state index contributed by atoms with van der Waals surface area (Å²) < 4.78 is 5.51. The van der Waals surface area contributed by atoms with Gasteiger partial charge in [0.1, 0.15) is 0 Å². The van der Waals surface area contributed by atoms with Gasteiger partial charge >= 0.3 is 0 Å². The quantitative estimate of drug-likeness (QED) is 0.867. The Morgan fingerprint density at radius 2 is 2.35 bits per heavy atom. The molecule has 0 spiro atoms. The van der Waals surface area contributed by atoms with Gasteiger partial charge in [0.05, 0.1) is 24.0 Å². The zero-order valence-corrected chi connectivity index (χ0v) is 11.6. The fraction of sp³-hybridized carbons (Fsp3) is 0.533. The molecule has 2 aliphatic heterocycles. The van der Waals surface area contributed by atoms with Crippen molar-refractivity contribution in [1.29, 1.82) is 0 Å². The van der Waals surface area contributed by atoms with Gasteiger partial charge in [-0.2, -0.15) is 0 Å². The van der Waals surface area contributed by atoms with Crippen LogP contribution in [0.1, 0.15) is 12.8 Å².